The molecule has 0 aliphatic heterocycles. The van der Waals surface area contributed by atoms with Crippen LogP contribution >= 0.6 is 7.82 Å². The Morgan fingerprint density at radius 2 is 0.958 bits per heavy atom. The van der Waals surface area contributed by atoms with Gasteiger partial charge in [0.05, 0.1) is 13.2 Å². The SMILES string of the molecule is CCCCCCCCOP(=O)(O)OCCCCCCCC.CCO. The Balaban J connectivity index is 0. The summed E-state index contributed by atoms with van der Waals surface area (Å²) in [5, 5.41) is 7.57. The van der Waals surface area contributed by atoms with Crippen LogP contribution in [0.4, 0.5) is 0 Å². The zero-order chi connectivity index (χ0) is 18.5. The standard InChI is InChI=1S/C16H35O4P.C2H6O/c1-3-5-7-9-11-13-15-19-21(17,18)20-16-14-12-10-8-6-4-2;1-2-3/h3-16H2,1-2H3,(H,17,18);3H,2H2,1H3. The Kier molecular flexibility index (Phi) is 23.1. The van der Waals surface area contributed by atoms with Crippen LogP contribution < -0.4 is 0 Å². The Morgan fingerprint density at radius 3 is 1.29 bits per heavy atom. The third kappa shape index (κ3) is 24.3. The second-order valence-electron chi connectivity index (χ2n) is 5.99. The molecule has 0 radical (unpaired) electrons. The predicted octanol–water partition coefficient (Wildman–Crippen LogP) is 5.84. The molecule has 0 atom stereocenters. The monoisotopic (exact) mass is 368 g/mol. The van der Waals surface area contributed by atoms with Crippen molar-refractivity contribution >= 4 is 7.82 Å². The summed E-state index contributed by atoms with van der Waals surface area (Å²) in [4.78, 5) is 9.51. The van der Waals surface area contributed by atoms with E-state index in [0.717, 1.165) is 25.7 Å². The van der Waals surface area contributed by atoms with E-state index < -0.39 is 7.82 Å². The molecule has 0 saturated heterocycles. The molecule has 0 aromatic carbocycles. The van der Waals surface area contributed by atoms with Gasteiger partial charge in [-0.15, -0.1) is 0 Å². The largest absolute Gasteiger partial charge is 0.472 e. The summed E-state index contributed by atoms with van der Waals surface area (Å²) in [6.45, 7) is 6.94. The molecule has 0 heterocycles. The molecule has 0 unspecified atom stereocenters. The molecular weight excluding hydrogens is 327 g/mol. The van der Waals surface area contributed by atoms with E-state index in [9.17, 15) is 9.46 Å². The lowest BCUT2D eigenvalue weighted by molar-refractivity contribution is 0.145. The van der Waals surface area contributed by atoms with Crippen LogP contribution in [0.1, 0.15) is 97.8 Å². The lowest BCUT2D eigenvalue weighted by atomic mass is 10.1. The van der Waals surface area contributed by atoms with Gasteiger partial charge in [0.1, 0.15) is 0 Å². The Hall–Kier alpha value is 0.0700. The minimum atomic E-state index is -3.82. The van der Waals surface area contributed by atoms with Gasteiger partial charge in [-0.1, -0.05) is 78.1 Å². The average Bonchev–Trinajstić information content (AvgIpc) is 2.54. The van der Waals surface area contributed by atoms with Gasteiger partial charge in [-0.3, -0.25) is 9.05 Å². The molecule has 2 N–H and O–H groups in total. The number of phosphoric ester groups is 1. The molecule has 6 heteroatoms. The van der Waals surface area contributed by atoms with Crippen molar-refractivity contribution in [1.29, 1.82) is 0 Å². The summed E-state index contributed by atoms with van der Waals surface area (Å²) in [7, 11) is -3.82. The fourth-order valence-corrected chi connectivity index (χ4v) is 2.96. The number of phosphoric acid groups is 1. The smallest absolute Gasteiger partial charge is 0.397 e. The van der Waals surface area contributed by atoms with Crippen LogP contribution in [-0.2, 0) is 13.6 Å². The molecule has 0 rings (SSSR count). The number of aliphatic hydroxyl groups excluding tert-OH is 1. The van der Waals surface area contributed by atoms with Gasteiger partial charge in [-0.05, 0) is 19.8 Å². The van der Waals surface area contributed by atoms with Crippen LogP contribution in [0.15, 0.2) is 0 Å². The quantitative estimate of drug-likeness (QED) is 0.264. The Bertz CT molecular complexity index is 252. The van der Waals surface area contributed by atoms with Gasteiger partial charge in [-0.25, -0.2) is 4.57 Å². The van der Waals surface area contributed by atoms with Crippen molar-refractivity contribution in [2.45, 2.75) is 97.8 Å². The van der Waals surface area contributed by atoms with Crippen molar-refractivity contribution in [2.24, 2.45) is 0 Å². The molecule has 0 bridgehead atoms. The van der Waals surface area contributed by atoms with E-state index in [-0.39, 0.29) is 6.61 Å². The molecule has 0 fully saturated rings. The van der Waals surface area contributed by atoms with Crippen LogP contribution in [0.3, 0.4) is 0 Å². The number of hydrogen-bond donors (Lipinski definition) is 2. The van der Waals surface area contributed by atoms with Gasteiger partial charge in [0.15, 0.2) is 0 Å². The summed E-state index contributed by atoms with van der Waals surface area (Å²) in [5.41, 5.74) is 0. The van der Waals surface area contributed by atoms with E-state index in [1.54, 1.807) is 6.92 Å². The normalized spacial score (nSPS) is 11.2. The first kappa shape index (κ1) is 26.3. The van der Waals surface area contributed by atoms with Crippen molar-refractivity contribution in [1.82, 2.24) is 0 Å². The maximum atomic E-state index is 11.6. The van der Waals surface area contributed by atoms with E-state index in [0.29, 0.717) is 13.2 Å². The molecule has 0 spiro atoms. The van der Waals surface area contributed by atoms with Crippen LogP contribution in [-0.4, -0.2) is 29.8 Å². The molecule has 0 saturated carbocycles. The third-order valence-corrected chi connectivity index (χ3v) is 4.52. The first-order valence-electron chi connectivity index (χ1n) is 9.76. The van der Waals surface area contributed by atoms with Crippen molar-refractivity contribution in [3.8, 4) is 0 Å². The summed E-state index contributed by atoms with van der Waals surface area (Å²) < 4.78 is 21.5. The molecule has 0 amide bonds. The average molecular weight is 368 g/mol. The molecule has 24 heavy (non-hydrogen) atoms. The number of aliphatic hydroxyl groups is 1. The zero-order valence-electron chi connectivity index (χ0n) is 16.2. The van der Waals surface area contributed by atoms with E-state index >= 15 is 0 Å². The molecule has 5 nitrogen and oxygen atoms in total. The molecular formula is C18H41O5P. The van der Waals surface area contributed by atoms with Crippen molar-refractivity contribution in [3.05, 3.63) is 0 Å². The second-order valence-corrected chi connectivity index (χ2v) is 7.44. The van der Waals surface area contributed by atoms with Crippen LogP contribution in [0.5, 0.6) is 0 Å². The topological polar surface area (TPSA) is 76.0 Å². The lowest BCUT2D eigenvalue weighted by Crippen LogP contribution is -1.99. The molecule has 148 valence electrons. The molecule has 0 aliphatic carbocycles. The van der Waals surface area contributed by atoms with Gasteiger partial charge >= 0.3 is 7.82 Å². The maximum Gasteiger partial charge on any atom is 0.472 e. The van der Waals surface area contributed by atoms with Crippen molar-refractivity contribution in [2.75, 3.05) is 19.8 Å². The minimum Gasteiger partial charge on any atom is -0.397 e. The highest BCUT2D eigenvalue weighted by Gasteiger charge is 2.19. The summed E-state index contributed by atoms with van der Waals surface area (Å²) in [6.07, 6.45) is 13.6. The van der Waals surface area contributed by atoms with Gasteiger partial charge in [0.25, 0.3) is 0 Å². The molecule has 0 aromatic heterocycles. The molecule has 0 aromatic rings. The van der Waals surface area contributed by atoms with Crippen LogP contribution in [0.2, 0.25) is 0 Å². The first-order chi connectivity index (χ1) is 11.5. The first-order valence-corrected chi connectivity index (χ1v) is 11.3. The van der Waals surface area contributed by atoms with E-state index in [1.165, 1.54) is 51.4 Å². The minimum absolute atomic E-state index is 0.250. The van der Waals surface area contributed by atoms with Gasteiger partial charge < -0.3 is 10.00 Å². The summed E-state index contributed by atoms with van der Waals surface area (Å²) in [6, 6.07) is 0. The van der Waals surface area contributed by atoms with E-state index in [2.05, 4.69) is 13.8 Å². The van der Waals surface area contributed by atoms with Gasteiger partial charge in [-0.2, -0.15) is 0 Å². The van der Waals surface area contributed by atoms with Crippen molar-refractivity contribution in [3.63, 3.8) is 0 Å². The summed E-state index contributed by atoms with van der Waals surface area (Å²) >= 11 is 0. The number of hydrogen-bond acceptors (Lipinski definition) is 4. The number of rotatable bonds is 16. The van der Waals surface area contributed by atoms with Crippen LogP contribution in [0, 0.1) is 0 Å². The highest BCUT2D eigenvalue weighted by atomic mass is 31.2. The van der Waals surface area contributed by atoms with Crippen LogP contribution in [0.25, 0.3) is 0 Å². The lowest BCUT2D eigenvalue weighted by Gasteiger charge is -2.12. The fourth-order valence-electron chi connectivity index (χ4n) is 2.16. The highest BCUT2D eigenvalue weighted by Crippen LogP contribution is 2.43. The highest BCUT2D eigenvalue weighted by molar-refractivity contribution is 7.47. The number of unbranched alkanes of at least 4 members (excludes halogenated alkanes) is 10. The Morgan fingerprint density at radius 1 is 0.667 bits per heavy atom. The Labute approximate surface area is 149 Å². The van der Waals surface area contributed by atoms with Gasteiger partial charge in [0, 0.05) is 6.61 Å². The predicted molar refractivity (Wildman–Crippen MR) is 101 cm³/mol. The second kappa shape index (κ2) is 21.1. The zero-order valence-corrected chi connectivity index (χ0v) is 17.1. The molecule has 0 aliphatic rings. The van der Waals surface area contributed by atoms with E-state index in [1.807, 2.05) is 0 Å². The third-order valence-electron chi connectivity index (χ3n) is 3.50. The van der Waals surface area contributed by atoms with E-state index in [4.69, 9.17) is 14.2 Å². The fraction of sp³-hybridized carbons (Fsp3) is 1.00. The van der Waals surface area contributed by atoms with Crippen molar-refractivity contribution < 1.29 is 23.6 Å². The maximum absolute atomic E-state index is 11.6. The van der Waals surface area contributed by atoms with Gasteiger partial charge in [0.2, 0.25) is 0 Å². The summed E-state index contributed by atoms with van der Waals surface area (Å²) in [5.74, 6) is 0.